The highest BCUT2D eigenvalue weighted by atomic mass is 31.2. The number of ether oxygens (including phenoxy) is 1. The first-order chi connectivity index (χ1) is 13.8. The molecule has 0 aliphatic heterocycles. The Morgan fingerprint density at radius 3 is 2.00 bits per heavy atom. The van der Waals surface area contributed by atoms with E-state index >= 15 is 0 Å². The summed E-state index contributed by atoms with van der Waals surface area (Å²) in [6.07, 6.45) is 0.0427. The second-order valence-electron chi connectivity index (χ2n) is 8.36. The number of carboxylic acid groups (broad SMARTS) is 1. The van der Waals surface area contributed by atoms with Gasteiger partial charge in [-0.1, -0.05) is 60.7 Å². The topological polar surface area (TPSA) is 119 Å². The molecule has 0 bridgehead atoms. The Labute approximate surface area is 177 Å². The number of aliphatic carboxylic acids is 1. The third-order valence-electron chi connectivity index (χ3n) is 4.59. The molecule has 0 heterocycles. The largest absolute Gasteiger partial charge is 0.480 e. The van der Waals surface area contributed by atoms with Gasteiger partial charge in [0, 0.05) is 0 Å². The smallest absolute Gasteiger partial charge is 0.328 e. The number of rotatable bonds is 8. The summed E-state index contributed by atoms with van der Waals surface area (Å²) in [5.41, 5.74) is 3.43. The molecule has 0 aromatic heterocycles. The van der Waals surface area contributed by atoms with Crippen molar-refractivity contribution in [2.24, 2.45) is 5.50 Å². The van der Waals surface area contributed by atoms with E-state index in [4.69, 9.17) is 10.2 Å². The highest BCUT2D eigenvalue weighted by molar-refractivity contribution is 7.61. The van der Waals surface area contributed by atoms with Crippen molar-refractivity contribution in [3.05, 3.63) is 71.8 Å². The predicted octanol–water partition coefficient (Wildman–Crippen LogP) is 3.68. The number of hydrogen-bond donors (Lipinski definition) is 3. The summed E-state index contributed by atoms with van der Waals surface area (Å²) in [5, 5.41) is 12.5. The molecule has 0 fully saturated rings. The molecule has 0 amide bonds. The minimum atomic E-state index is -4.06. The molecule has 3 unspecified atom stereocenters. The van der Waals surface area contributed by atoms with Gasteiger partial charge >= 0.3 is 11.9 Å². The van der Waals surface area contributed by atoms with Crippen molar-refractivity contribution in [2.75, 3.05) is 0 Å². The minimum absolute atomic E-state index is 0.0427. The summed E-state index contributed by atoms with van der Waals surface area (Å²) in [4.78, 5) is 25.1. The predicted molar refractivity (Wildman–Crippen MR) is 116 cm³/mol. The van der Waals surface area contributed by atoms with Gasteiger partial charge in [0.15, 0.2) is 0 Å². The SMILES string of the molecule is CC(C)(C)OC(=O)C(Cc1ccccc1)P(N)(=O)NC(C)(C(=O)O)c1ccccc1. The molecule has 2 aromatic rings. The monoisotopic (exact) mass is 432 g/mol. The Bertz CT molecular complexity index is 928. The Hall–Kier alpha value is -2.47. The fraction of sp³-hybridized carbons (Fsp3) is 0.364. The average Bonchev–Trinajstić information content (AvgIpc) is 2.65. The van der Waals surface area contributed by atoms with Gasteiger partial charge in [0.2, 0.25) is 7.44 Å². The molecule has 0 saturated carbocycles. The zero-order chi connectivity index (χ0) is 22.6. The lowest BCUT2D eigenvalue weighted by molar-refractivity contribution is -0.154. The molecule has 162 valence electrons. The molecule has 0 saturated heterocycles. The van der Waals surface area contributed by atoms with E-state index in [0.717, 1.165) is 5.56 Å². The first-order valence-corrected chi connectivity index (χ1v) is 11.4. The van der Waals surface area contributed by atoms with E-state index in [1.807, 2.05) is 6.07 Å². The molecule has 4 N–H and O–H groups in total. The number of carbonyl (C=O) groups is 2. The minimum Gasteiger partial charge on any atom is -0.480 e. The molecular weight excluding hydrogens is 403 g/mol. The Morgan fingerprint density at radius 1 is 1.03 bits per heavy atom. The van der Waals surface area contributed by atoms with E-state index in [-0.39, 0.29) is 6.42 Å². The lowest BCUT2D eigenvalue weighted by atomic mass is 9.94. The normalized spacial score (nSPS) is 16.7. The van der Waals surface area contributed by atoms with Gasteiger partial charge in [-0.2, -0.15) is 0 Å². The second-order valence-corrected chi connectivity index (χ2v) is 10.6. The van der Waals surface area contributed by atoms with Crippen LogP contribution in [0.15, 0.2) is 60.7 Å². The zero-order valence-corrected chi connectivity index (χ0v) is 18.6. The van der Waals surface area contributed by atoms with Gasteiger partial charge in [-0.25, -0.2) is 9.88 Å². The number of carboxylic acids is 1. The molecule has 0 aliphatic carbocycles. The van der Waals surface area contributed by atoms with E-state index in [0.29, 0.717) is 5.56 Å². The van der Waals surface area contributed by atoms with Crippen molar-refractivity contribution in [3.8, 4) is 0 Å². The fourth-order valence-corrected chi connectivity index (χ4v) is 4.94. The highest BCUT2D eigenvalue weighted by Crippen LogP contribution is 2.45. The van der Waals surface area contributed by atoms with Crippen molar-refractivity contribution in [1.29, 1.82) is 0 Å². The Kier molecular flexibility index (Phi) is 7.24. The maximum absolute atomic E-state index is 13.6. The summed E-state index contributed by atoms with van der Waals surface area (Å²) < 4.78 is 19.1. The third kappa shape index (κ3) is 6.02. The van der Waals surface area contributed by atoms with Crippen LogP contribution >= 0.6 is 7.44 Å². The highest BCUT2D eigenvalue weighted by Gasteiger charge is 2.46. The first-order valence-electron chi connectivity index (χ1n) is 9.58. The van der Waals surface area contributed by atoms with E-state index in [2.05, 4.69) is 5.09 Å². The van der Waals surface area contributed by atoms with Gasteiger partial charge < -0.3 is 9.84 Å². The Morgan fingerprint density at radius 2 is 1.53 bits per heavy atom. The zero-order valence-electron chi connectivity index (χ0n) is 17.7. The van der Waals surface area contributed by atoms with Crippen LogP contribution in [-0.2, 0) is 30.9 Å². The van der Waals surface area contributed by atoms with Gasteiger partial charge in [0.1, 0.15) is 16.8 Å². The first kappa shape index (κ1) is 23.8. The van der Waals surface area contributed by atoms with Crippen molar-refractivity contribution >= 4 is 19.4 Å². The quantitative estimate of drug-likeness (QED) is 0.430. The lowest BCUT2D eigenvalue weighted by Crippen LogP contribution is -2.49. The third-order valence-corrected chi connectivity index (χ3v) is 6.71. The van der Waals surface area contributed by atoms with Crippen LogP contribution in [0.4, 0.5) is 0 Å². The van der Waals surface area contributed by atoms with Crippen molar-refractivity contribution in [3.63, 3.8) is 0 Å². The lowest BCUT2D eigenvalue weighted by Gasteiger charge is -2.34. The molecular formula is C22H29N2O5P. The van der Waals surface area contributed by atoms with Crippen LogP contribution in [0.1, 0.15) is 38.8 Å². The van der Waals surface area contributed by atoms with Crippen LogP contribution in [0.5, 0.6) is 0 Å². The molecule has 0 spiro atoms. The average molecular weight is 432 g/mol. The maximum Gasteiger partial charge on any atom is 0.328 e. The second kappa shape index (κ2) is 9.13. The number of benzene rings is 2. The van der Waals surface area contributed by atoms with Gasteiger partial charge in [-0.05, 0) is 45.2 Å². The van der Waals surface area contributed by atoms with Crippen molar-refractivity contribution in [1.82, 2.24) is 5.09 Å². The van der Waals surface area contributed by atoms with Crippen LogP contribution in [0.2, 0.25) is 0 Å². The molecule has 7 nitrogen and oxygen atoms in total. The van der Waals surface area contributed by atoms with E-state index in [1.165, 1.54) is 6.92 Å². The van der Waals surface area contributed by atoms with Crippen LogP contribution in [0.25, 0.3) is 0 Å². The maximum atomic E-state index is 13.6. The molecule has 0 aliphatic rings. The molecule has 2 rings (SSSR count). The van der Waals surface area contributed by atoms with Gasteiger partial charge in [0.25, 0.3) is 0 Å². The number of carbonyl (C=O) groups excluding carboxylic acids is 1. The summed E-state index contributed by atoms with van der Waals surface area (Å²) >= 11 is 0. The Balaban J connectivity index is 2.45. The summed E-state index contributed by atoms with van der Waals surface area (Å²) in [7, 11) is -4.06. The molecule has 3 atom stereocenters. The summed E-state index contributed by atoms with van der Waals surface area (Å²) in [6.45, 7) is 6.47. The molecule has 30 heavy (non-hydrogen) atoms. The van der Waals surface area contributed by atoms with E-state index < -0.39 is 36.2 Å². The number of esters is 1. The van der Waals surface area contributed by atoms with Crippen LogP contribution < -0.4 is 10.6 Å². The number of nitrogens with two attached hydrogens (primary N) is 1. The van der Waals surface area contributed by atoms with E-state index in [1.54, 1.807) is 75.4 Å². The molecule has 0 radical (unpaired) electrons. The van der Waals surface area contributed by atoms with Crippen molar-refractivity contribution < 1.29 is 24.0 Å². The van der Waals surface area contributed by atoms with Gasteiger partial charge in [0.05, 0.1) is 0 Å². The van der Waals surface area contributed by atoms with Gasteiger partial charge in [-0.3, -0.25) is 14.9 Å². The van der Waals surface area contributed by atoms with Crippen molar-refractivity contribution in [2.45, 2.75) is 50.9 Å². The van der Waals surface area contributed by atoms with Crippen LogP contribution in [0, 0.1) is 0 Å². The fourth-order valence-electron chi connectivity index (χ4n) is 3.02. The summed E-state index contributed by atoms with van der Waals surface area (Å²) in [6, 6.07) is 17.3. The van der Waals surface area contributed by atoms with E-state index in [9.17, 15) is 19.3 Å². The van der Waals surface area contributed by atoms with Crippen LogP contribution in [0.3, 0.4) is 0 Å². The standard InChI is InChI=1S/C22H29N2O5P/c1-21(2,3)29-19(25)18(15-16-11-7-5-8-12-16)30(23,28)24-22(4,20(26)27)17-13-9-6-10-14-17/h5-14,18H,15H2,1-4H3,(H,26,27)(H3,23,24,28). The van der Waals surface area contributed by atoms with Crippen LogP contribution in [-0.4, -0.2) is 28.3 Å². The molecule has 2 aromatic carbocycles. The van der Waals surface area contributed by atoms with Gasteiger partial charge in [-0.15, -0.1) is 0 Å². The molecule has 8 heteroatoms. The summed E-state index contributed by atoms with van der Waals surface area (Å²) in [5.74, 6) is -2.01. The number of nitrogens with one attached hydrogen (secondary N) is 1. The number of hydrogen-bond acceptors (Lipinski definition) is 4.